The number of carbonyl (C=O) groups is 1. The van der Waals surface area contributed by atoms with Gasteiger partial charge in [0.15, 0.2) is 0 Å². The van der Waals surface area contributed by atoms with E-state index in [9.17, 15) is 18.0 Å². The Bertz CT molecular complexity index is 847. The highest BCUT2D eigenvalue weighted by Crippen LogP contribution is 2.38. The van der Waals surface area contributed by atoms with Crippen molar-refractivity contribution < 1.29 is 22.7 Å². The van der Waals surface area contributed by atoms with E-state index in [1.54, 1.807) is 18.2 Å². The van der Waals surface area contributed by atoms with E-state index in [-0.39, 0.29) is 16.5 Å². The first kappa shape index (κ1) is 18.6. The Hall–Kier alpha value is -2.73. The van der Waals surface area contributed by atoms with E-state index >= 15 is 0 Å². The van der Waals surface area contributed by atoms with Crippen molar-refractivity contribution in [2.45, 2.75) is 11.2 Å². The van der Waals surface area contributed by atoms with Gasteiger partial charge in [-0.2, -0.15) is 18.4 Å². The highest BCUT2D eigenvalue weighted by molar-refractivity contribution is 8.00. The highest BCUT2D eigenvalue weighted by Gasteiger charge is 2.36. The summed E-state index contributed by atoms with van der Waals surface area (Å²) in [7, 11) is 1.43. The second-order valence-corrected chi connectivity index (χ2v) is 5.80. The first-order valence-corrected chi connectivity index (χ1v) is 7.82. The number of alkyl halides is 3. The van der Waals surface area contributed by atoms with Crippen LogP contribution in [0.25, 0.3) is 11.3 Å². The molecule has 0 saturated carbocycles. The Morgan fingerprint density at radius 3 is 2.68 bits per heavy atom. The van der Waals surface area contributed by atoms with Gasteiger partial charge in [0, 0.05) is 5.56 Å². The number of thioether (sulfide) groups is 1. The topological polar surface area (TPSA) is 89.0 Å². The number of halogens is 3. The van der Waals surface area contributed by atoms with Crippen LogP contribution in [-0.4, -0.2) is 23.8 Å². The van der Waals surface area contributed by atoms with E-state index in [0.717, 1.165) is 6.07 Å². The van der Waals surface area contributed by atoms with Crippen molar-refractivity contribution in [3.63, 3.8) is 0 Å². The molecular weight excluding hydrogens is 355 g/mol. The van der Waals surface area contributed by atoms with E-state index in [1.807, 2.05) is 0 Å². The fraction of sp³-hybridized carbons (Fsp3) is 0.188. The first-order chi connectivity index (χ1) is 11.8. The normalized spacial score (nSPS) is 11.0. The highest BCUT2D eigenvalue weighted by atomic mass is 32.2. The summed E-state index contributed by atoms with van der Waals surface area (Å²) in [6.07, 6.45) is -4.75. The van der Waals surface area contributed by atoms with Gasteiger partial charge < -0.3 is 10.5 Å². The average molecular weight is 367 g/mol. The van der Waals surface area contributed by atoms with Crippen molar-refractivity contribution >= 4 is 17.7 Å². The molecule has 1 aromatic heterocycles. The standard InChI is InChI=1S/C16H12F3N3O2S/c1-24-10-4-2-3-9(5-10)13-6-12(16(17,18)19)11(7-20)15(22-13)25-8-14(21)23/h2-6H,8H2,1H3,(H2,21,23). The lowest BCUT2D eigenvalue weighted by Gasteiger charge is -2.14. The molecule has 0 radical (unpaired) electrons. The largest absolute Gasteiger partial charge is 0.497 e. The molecule has 0 spiro atoms. The molecule has 2 aromatic rings. The number of nitriles is 1. The molecule has 0 aliphatic heterocycles. The van der Waals surface area contributed by atoms with Crippen LogP contribution in [0, 0.1) is 11.3 Å². The number of hydrogen-bond acceptors (Lipinski definition) is 5. The molecular formula is C16H12F3N3O2S. The molecule has 0 unspecified atom stereocenters. The van der Waals surface area contributed by atoms with E-state index < -0.39 is 23.2 Å². The number of hydrogen-bond donors (Lipinski definition) is 1. The number of nitrogens with two attached hydrogens (primary N) is 1. The molecule has 1 heterocycles. The van der Waals surface area contributed by atoms with E-state index in [2.05, 4.69) is 4.98 Å². The quantitative estimate of drug-likeness (QED) is 0.820. The third kappa shape index (κ3) is 4.42. The van der Waals surface area contributed by atoms with Crippen molar-refractivity contribution in [2.24, 2.45) is 5.73 Å². The van der Waals surface area contributed by atoms with E-state index in [0.29, 0.717) is 23.1 Å². The van der Waals surface area contributed by atoms with Gasteiger partial charge >= 0.3 is 6.18 Å². The third-order valence-electron chi connectivity index (χ3n) is 3.12. The summed E-state index contributed by atoms with van der Waals surface area (Å²) < 4.78 is 45.1. The van der Waals surface area contributed by atoms with Crippen LogP contribution in [0.1, 0.15) is 11.1 Å². The molecule has 25 heavy (non-hydrogen) atoms. The second-order valence-electron chi connectivity index (χ2n) is 4.83. The summed E-state index contributed by atoms with van der Waals surface area (Å²) in [5.74, 6) is -0.569. The van der Waals surface area contributed by atoms with E-state index in [4.69, 9.17) is 15.7 Å². The van der Waals surface area contributed by atoms with E-state index in [1.165, 1.54) is 19.2 Å². The van der Waals surface area contributed by atoms with Gasteiger partial charge in [-0.3, -0.25) is 4.79 Å². The Morgan fingerprint density at radius 1 is 1.40 bits per heavy atom. The van der Waals surface area contributed by atoms with Crippen molar-refractivity contribution in [2.75, 3.05) is 12.9 Å². The Balaban J connectivity index is 2.66. The summed E-state index contributed by atoms with van der Waals surface area (Å²) in [5, 5.41) is 8.93. The fourth-order valence-electron chi connectivity index (χ4n) is 2.03. The predicted octanol–water partition coefficient (Wildman–Crippen LogP) is 3.23. The minimum absolute atomic E-state index is 0.0113. The molecule has 2 rings (SSSR count). The van der Waals surface area contributed by atoms with Crippen LogP contribution in [-0.2, 0) is 11.0 Å². The Kier molecular flexibility index (Phi) is 5.54. The molecule has 0 bridgehead atoms. The third-order valence-corrected chi connectivity index (χ3v) is 4.12. The molecule has 0 aliphatic rings. The molecule has 5 nitrogen and oxygen atoms in total. The van der Waals surface area contributed by atoms with Gasteiger partial charge in [0.05, 0.1) is 29.7 Å². The minimum atomic E-state index is -4.75. The molecule has 1 aromatic carbocycles. The van der Waals surface area contributed by atoms with Crippen molar-refractivity contribution in [3.8, 4) is 23.1 Å². The van der Waals surface area contributed by atoms with Gasteiger partial charge in [-0.05, 0) is 18.2 Å². The number of ether oxygens (including phenoxy) is 1. The van der Waals surface area contributed by atoms with Crippen LogP contribution in [0.3, 0.4) is 0 Å². The predicted molar refractivity (Wildman–Crippen MR) is 85.9 cm³/mol. The number of benzene rings is 1. The molecule has 2 N–H and O–H groups in total. The summed E-state index contributed by atoms with van der Waals surface area (Å²) >= 11 is 0.689. The molecule has 130 valence electrons. The summed E-state index contributed by atoms with van der Waals surface area (Å²) in [6.45, 7) is 0. The molecule has 0 aliphatic carbocycles. The first-order valence-electron chi connectivity index (χ1n) is 6.84. The van der Waals surface area contributed by atoms with Crippen LogP contribution in [0.2, 0.25) is 0 Å². The zero-order chi connectivity index (χ0) is 18.6. The summed E-state index contributed by atoms with van der Waals surface area (Å²) in [4.78, 5) is 15.1. The second kappa shape index (κ2) is 7.44. The van der Waals surface area contributed by atoms with Crippen molar-refractivity contribution in [1.29, 1.82) is 5.26 Å². The van der Waals surface area contributed by atoms with Gasteiger partial charge in [-0.15, -0.1) is 0 Å². The SMILES string of the molecule is COc1cccc(-c2cc(C(F)(F)F)c(C#N)c(SCC(N)=O)n2)c1. The lowest BCUT2D eigenvalue weighted by molar-refractivity contribution is -0.138. The van der Waals surface area contributed by atoms with Crippen LogP contribution in [0.4, 0.5) is 13.2 Å². The minimum Gasteiger partial charge on any atom is -0.497 e. The van der Waals surface area contributed by atoms with Crippen LogP contribution in [0.5, 0.6) is 5.75 Å². The maximum Gasteiger partial charge on any atom is 0.417 e. The van der Waals surface area contributed by atoms with Gasteiger partial charge in [-0.1, -0.05) is 23.9 Å². The van der Waals surface area contributed by atoms with Gasteiger partial charge in [0.2, 0.25) is 5.91 Å². The van der Waals surface area contributed by atoms with Crippen LogP contribution < -0.4 is 10.5 Å². The monoisotopic (exact) mass is 367 g/mol. The molecule has 1 amide bonds. The van der Waals surface area contributed by atoms with Crippen LogP contribution in [0.15, 0.2) is 35.4 Å². The number of aromatic nitrogens is 1. The van der Waals surface area contributed by atoms with Crippen molar-refractivity contribution in [3.05, 3.63) is 41.5 Å². The lowest BCUT2D eigenvalue weighted by Crippen LogP contribution is -2.14. The number of nitrogens with zero attached hydrogens (tertiary/aromatic N) is 2. The fourth-order valence-corrected chi connectivity index (χ4v) is 2.77. The smallest absolute Gasteiger partial charge is 0.417 e. The van der Waals surface area contributed by atoms with Crippen molar-refractivity contribution in [1.82, 2.24) is 4.98 Å². The van der Waals surface area contributed by atoms with Gasteiger partial charge in [-0.25, -0.2) is 4.98 Å². The van der Waals surface area contributed by atoms with Gasteiger partial charge in [0.25, 0.3) is 0 Å². The number of carbonyl (C=O) groups excluding carboxylic acids is 1. The number of amides is 1. The maximum absolute atomic E-state index is 13.4. The Labute approximate surface area is 145 Å². The maximum atomic E-state index is 13.4. The number of rotatable bonds is 5. The van der Waals surface area contributed by atoms with Crippen LogP contribution >= 0.6 is 11.8 Å². The summed E-state index contributed by atoms with van der Waals surface area (Å²) in [5.41, 5.74) is 3.68. The molecule has 0 fully saturated rings. The Morgan fingerprint density at radius 2 is 2.12 bits per heavy atom. The molecule has 0 atom stereocenters. The lowest BCUT2D eigenvalue weighted by atomic mass is 10.1. The van der Waals surface area contributed by atoms with Gasteiger partial charge in [0.1, 0.15) is 16.8 Å². The number of methoxy groups -OCH3 is 1. The zero-order valence-electron chi connectivity index (χ0n) is 12.9. The average Bonchev–Trinajstić information content (AvgIpc) is 2.58. The molecule has 0 saturated heterocycles. The molecule has 9 heteroatoms. The summed E-state index contributed by atoms with van der Waals surface area (Å²) in [6, 6.07) is 8.66. The number of pyridine rings is 1. The zero-order valence-corrected chi connectivity index (χ0v) is 13.7. The number of primary amides is 1.